The van der Waals surface area contributed by atoms with Crippen molar-refractivity contribution in [2.45, 2.75) is 46.2 Å². The molecule has 0 aliphatic carbocycles. The van der Waals surface area contributed by atoms with E-state index in [2.05, 4.69) is 5.32 Å². The van der Waals surface area contributed by atoms with E-state index in [9.17, 15) is 14.4 Å². The lowest BCUT2D eigenvalue weighted by Crippen LogP contribution is -2.43. The highest BCUT2D eigenvalue weighted by atomic mass is 16.2. The minimum atomic E-state index is -0.461. The van der Waals surface area contributed by atoms with E-state index in [4.69, 9.17) is 0 Å². The Balaban J connectivity index is 2.06. The van der Waals surface area contributed by atoms with Crippen molar-refractivity contribution in [2.24, 2.45) is 0 Å². The molecule has 6 nitrogen and oxygen atoms in total. The fourth-order valence-corrected chi connectivity index (χ4v) is 3.35. The van der Waals surface area contributed by atoms with Gasteiger partial charge in [0.1, 0.15) is 6.54 Å². The average Bonchev–Trinajstić information content (AvgIpc) is 2.71. The van der Waals surface area contributed by atoms with Gasteiger partial charge in [0.2, 0.25) is 5.91 Å². The number of rotatable bonds is 6. The second kappa shape index (κ2) is 8.25. The van der Waals surface area contributed by atoms with Crippen molar-refractivity contribution in [1.29, 1.82) is 0 Å². The van der Waals surface area contributed by atoms with Gasteiger partial charge in [-0.3, -0.25) is 18.7 Å². The molecule has 2 aromatic carbocycles. The minimum Gasteiger partial charge on any atom is -0.324 e. The molecule has 1 N–H and O–H groups in total. The predicted octanol–water partition coefficient (Wildman–Crippen LogP) is 3.34. The summed E-state index contributed by atoms with van der Waals surface area (Å²) in [6.45, 7) is 5.61. The topological polar surface area (TPSA) is 73.1 Å². The molecule has 6 heteroatoms. The van der Waals surface area contributed by atoms with E-state index in [0.717, 1.165) is 17.7 Å². The molecule has 1 atom stereocenters. The zero-order valence-electron chi connectivity index (χ0n) is 16.4. The number of para-hydroxylation sites is 2. The van der Waals surface area contributed by atoms with Crippen molar-refractivity contribution in [3.8, 4) is 0 Å². The Morgan fingerprint density at radius 2 is 1.71 bits per heavy atom. The summed E-state index contributed by atoms with van der Waals surface area (Å²) in [5, 5.41) is 3.33. The average molecular weight is 379 g/mol. The third-order valence-corrected chi connectivity index (χ3v) is 5.09. The van der Waals surface area contributed by atoms with E-state index in [1.54, 1.807) is 24.3 Å². The molecular weight excluding hydrogens is 354 g/mol. The van der Waals surface area contributed by atoms with E-state index >= 15 is 0 Å². The lowest BCUT2D eigenvalue weighted by atomic mass is 10.1. The molecule has 28 heavy (non-hydrogen) atoms. The molecule has 3 rings (SSSR count). The van der Waals surface area contributed by atoms with Gasteiger partial charge in [0, 0.05) is 11.7 Å². The first-order chi connectivity index (χ1) is 13.5. The Hall–Kier alpha value is -3.15. The molecule has 0 aliphatic heterocycles. The van der Waals surface area contributed by atoms with E-state index in [-0.39, 0.29) is 24.1 Å². The quantitative estimate of drug-likeness (QED) is 0.714. The highest BCUT2D eigenvalue weighted by Crippen LogP contribution is 2.16. The van der Waals surface area contributed by atoms with Gasteiger partial charge in [-0.2, -0.15) is 0 Å². The molecule has 146 valence electrons. The molecule has 1 heterocycles. The number of fused-ring (bicyclic) bond motifs is 1. The van der Waals surface area contributed by atoms with Gasteiger partial charge in [-0.1, -0.05) is 44.2 Å². The fraction of sp³-hybridized carbons (Fsp3) is 0.318. The molecule has 0 saturated heterocycles. The third-order valence-electron chi connectivity index (χ3n) is 5.09. The Morgan fingerprint density at radius 1 is 1.04 bits per heavy atom. The molecule has 0 saturated carbocycles. The number of hydrogen-bond donors (Lipinski definition) is 1. The minimum absolute atomic E-state index is 0.159. The van der Waals surface area contributed by atoms with Crippen LogP contribution in [0, 0.1) is 0 Å². The van der Waals surface area contributed by atoms with Crippen LogP contribution in [-0.4, -0.2) is 15.0 Å². The van der Waals surface area contributed by atoms with Gasteiger partial charge in [-0.25, -0.2) is 4.79 Å². The zero-order valence-corrected chi connectivity index (χ0v) is 16.4. The number of anilines is 1. The number of nitrogens with zero attached hydrogens (tertiary/aromatic N) is 2. The van der Waals surface area contributed by atoms with Gasteiger partial charge in [0.15, 0.2) is 0 Å². The smallest absolute Gasteiger partial charge is 0.324 e. The van der Waals surface area contributed by atoms with Crippen LogP contribution in [0.1, 0.15) is 38.8 Å². The van der Waals surface area contributed by atoms with Gasteiger partial charge in [-0.05, 0) is 43.5 Å². The summed E-state index contributed by atoms with van der Waals surface area (Å²) in [6, 6.07) is 14.3. The Kier molecular flexibility index (Phi) is 5.78. The summed E-state index contributed by atoms with van der Waals surface area (Å²) in [6.07, 6.45) is 1.43. The van der Waals surface area contributed by atoms with Gasteiger partial charge in [0.25, 0.3) is 5.56 Å². The number of nitrogens with one attached hydrogen (secondary N) is 1. The van der Waals surface area contributed by atoms with Crippen LogP contribution in [0.2, 0.25) is 0 Å². The van der Waals surface area contributed by atoms with Gasteiger partial charge in [0.05, 0.1) is 10.9 Å². The molecule has 0 bridgehead atoms. The number of aromatic nitrogens is 2. The van der Waals surface area contributed by atoms with E-state index in [1.807, 2.05) is 45.0 Å². The molecule has 3 aromatic rings. The first-order valence-electron chi connectivity index (χ1n) is 9.59. The van der Waals surface area contributed by atoms with Crippen molar-refractivity contribution in [3.05, 3.63) is 74.9 Å². The van der Waals surface area contributed by atoms with Crippen molar-refractivity contribution in [1.82, 2.24) is 9.13 Å². The molecule has 1 aromatic heterocycles. The number of amides is 1. The maximum absolute atomic E-state index is 13.1. The number of carbonyl (C=O) groups is 1. The van der Waals surface area contributed by atoms with Crippen LogP contribution in [-0.2, 0) is 17.8 Å². The lowest BCUT2D eigenvalue weighted by molar-refractivity contribution is -0.116. The van der Waals surface area contributed by atoms with Gasteiger partial charge >= 0.3 is 5.69 Å². The summed E-state index contributed by atoms with van der Waals surface area (Å²) >= 11 is 0. The molecule has 0 radical (unpaired) electrons. The predicted molar refractivity (Wildman–Crippen MR) is 112 cm³/mol. The van der Waals surface area contributed by atoms with Gasteiger partial charge in [-0.15, -0.1) is 0 Å². The maximum atomic E-state index is 13.1. The van der Waals surface area contributed by atoms with Crippen LogP contribution < -0.4 is 16.6 Å². The Morgan fingerprint density at radius 3 is 2.43 bits per heavy atom. The molecule has 0 fully saturated rings. The van der Waals surface area contributed by atoms with Crippen LogP contribution in [0.5, 0.6) is 0 Å². The zero-order chi connectivity index (χ0) is 20.3. The number of benzene rings is 2. The lowest BCUT2D eigenvalue weighted by Gasteiger charge is -2.18. The summed E-state index contributed by atoms with van der Waals surface area (Å²) in [5.41, 5.74) is 1.45. The highest BCUT2D eigenvalue weighted by Gasteiger charge is 2.18. The first kappa shape index (κ1) is 19.6. The van der Waals surface area contributed by atoms with Crippen LogP contribution in [0.15, 0.2) is 58.1 Å². The first-order valence-corrected chi connectivity index (χ1v) is 9.59. The number of carbonyl (C=O) groups excluding carboxylic acids is 1. The van der Waals surface area contributed by atoms with Crippen molar-refractivity contribution >= 4 is 22.5 Å². The van der Waals surface area contributed by atoms with E-state index in [0.29, 0.717) is 17.3 Å². The van der Waals surface area contributed by atoms with Crippen LogP contribution >= 0.6 is 0 Å². The molecule has 0 spiro atoms. The number of hydrogen-bond acceptors (Lipinski definition) is 3. The van der Waals surface area contributed by atoms with Gasteiger partial charge < -0.3 is 5.32 Å². The molecular formula is C22H25N3O3. The largest absolute Gasteiger partial charge is 0.332 e. The molecule has 1 amide bonds. The second-order valence-electron chi connectivity index (χ2n) is 6.88. The summed E-state index contributed by atoms with van der Waals surface area (Å²) in [4.78, 5) is 38.6. The SMILES string of the molecule is CCc1ccccc1NC(=O)Cn1c(=O)n([C@@H](C)CC)c(=O)c2ccccc21. The highest BCUT2D eigenvalue weighted by molar-refractivity contribution is 5.92. The third kappa shape index (κ3) is 3.63. The van der Waals surface area contributed by atoms with E-state index in [1.165, 1.54) is 9.13 Å². The van der Waals surface area contributed by atoms with E-state index < -0.39 is 5.69 Å². The second-order valence-corrected chi connectivity index (χ2v) is 6.88. The summed E-state index contributed by atoms with van der Waals surface area (Å²) in [7, 11) is 0. The van der Waals surface area contributed by atoms with Crippen LogP contribution in [0.25, 0.3) is 10.9 Å². The van der Waals surface area contributed by atoms with Crippen molar-refractivity contribution in [3.63, 3.8) is 0 Å². The number of aryl methyl sites for hydroxylation is 1. The van der Waals surface area contributed by atoms with Crippen LogP contribution in [0.3, 0.4) is 0 Å². The molecule has 0 unspecified atom stereocenters. The monoisotopic (exact) mass is 379 g/mol. The van der Waals surface area contributed by atoms with Crippen LogP contribution in [0.4, 0.5) is 5.69 Å². The normalized spacial score (nSPS) is 12.1. The standard InChI is InChI=1S/C22H25N3O3/c1-4-15(3)25-21(27)17-11-7-9-13-19(17)24(22(25)28)14-20(26)23-18-12-8-6-10-16(18)5-2/h6-13,15H,4-5,14H2,1-3H3,(H,23,26)/t15-/m0/s1. The molecule has 0 aliphatic rings. The maximum Gasteiger partial charge on any atom is 0.332 e. The Labute approximate surface area is 163 Å². The van der Waals surface area contributed by atoms with Crippen molar-refractivity contribution in [2.75, 3.05) is 5.32 Å². The summed E-state index contributed by atoms with van der Waals surface area (Å²) in [5.74, 6) is -0.303. The Bertz CT molecular complexity index is 1130. The summed E-state index contributed by atoms with van der Waals surface area (Å²) < 4.78 is 2.63. The fourth-order valence-electron chi connectivity index (χ4n) is 3.35. The van der Waals surface area contributed by atoms with Crippen molar-refractivity contribution < 1.29 is 4.79 Å².